The summed E-state index contributed by atoms with van der Waals surface area (Å²) in [6, 6.07) is 13.8. The molecular formula is C32H40N4O4S. The molecule has 8 nitrogen and oxygen atoms in total. The largest absolute Gasteiger partial charge is 0.475 e. The summed E-state index contributed by atoms with van der Waals surface area (Å²) >= 11 is 0. The van der Waals surface area contributed by atoms with Crippen LogP contribution in [0.5, 0.6) is 5.88 Å². The van der Waals surface area contributed by atoms with Crippen molar-refractivity contribution in [3.05, 3.63) is 65.2 Å². The number of anilines is 1. The Morgan fingerprint density at radius 1 is 0.976 bits per heavy atom. The van der Waals surface area contributed by atoms with Gasteiger partial charge in [-0.25, -0.2) is 18.1 Å². The van der Waals surface area contributed by atoms with Gasteiger partial charge in [-0.15, -0.1) is 0 Å². The molecule has 3 aromatic rings. The maximum Gasteiger partial charge on any atom is 0.264 e. The number of aryl methyl sites for hydroxylation is 2. The molecule has 1 aromatic heterocycles. The first-order valence-corrected chi connectivity index (χ1v) is 15.9. The molecule has 41 heavy (non-hydrogen) atoms. The molecule has 1 N–H and O–H groups in total. The zero-order valence-electron chi connectivity index (χ0n) is 24.6. The predicted molar refractivity (Wildman–Crippen MR) is 161 cm³/mol. The zero-order chi connectivity index (χ0) is 29.4. The minimum absolute atomic E-state index is 0.0119. The van der Waals surface area contributed by atoms with Crippen LogP contribution in [-0.4, -0.2) is 47.9 Å². The molecule has 2 aliphatic rings. The summed E-state index contributed by atoms with van der Waals surface area (Å²) in [5.41, 5.74) is 3.75. The van der Waals surface area contributed by atoms with Gasteiger partial charge in [0.25, 0.3) is 15.9 Å². The number of rotatable bonds is 3. The Labute approximate surface area is 243 Å². The molecule has 1 saturated carbocycles. The molecular weight excluding hydrogens is 536 g/mol. The highest BCUT2D eigenvalue weighted by Gasteiger charge is 2.36. The van der Waals surface area contributed by atoms with Crippen molar-refractivity contribution in [1.29, 1.82) is 0 Å². The Morgan fingerprint density at radius 3 is 2.34 bits per heavy atom. The number of amides is 1. The molecule has 4 bridgehead atoms. The highest BCUT2D eigenvalue weighted by atomic mass is 32.2. The van der Waals surface area contributed by atoms with E-state index in [0.29, 0.717) is 17.7 Å². The van der Waals surface area contributed by atoms with Crippen LogP contribution in [0, 0.1) is 19.3 Å². The van der Waals surface area contributed by atoms with Gasteiger partial charge in [0.05, 0.1) is 16.6 Å². The van der Waals surface area contributed by atoms with Crippen LogP contribution >= 0.6 is 0 Å². The lowest BCUT2D eigenvalue weighted by atomic mass is 9.85. The summed E-state index contributed by atoms with van der Waals surface area (Å²) < 4.78 is 36.0. The summed E-state index contributed by atoms with van der Waals surface area (Å²) in [5, 5.41) is 0. The van der Waals surface area contributed by atoms with E-state index in [2.05, 4.69) is 35.5 Å². The van der Waals surface area contributed by atoms with Gasteiger partial charge in [0.2, 0.25) is 11.8 Å². The number of benzene rings is 2. The van der Waals surface area contributed by atoms with Crippen LogP contribution < -0.4 is 9.46 Å². The van der Waals surface area contributed by atoms with Crippen molar-refractivity contribution in [2.24, 2.45) is 5.41 Å². The number of hydrogen-bond donors (Lipinski definition) is 1. The second-order valence-corrected chi connectivity index (χ2v) is 14.2. The number of carbonyl (C=O) groups excluding carboxylic acids is 1. The minimum atomic E-state index is -4.09. The number of hydrogen-bond acceptors (Lipinski definition) is 6. The first-order chi connectivity index (χ1) is 19.4. The summed E-state index contributed by atoms with van der Waals surface area (Å²) in [7, 11) is -4.09. The Morgan fingerprint density at radius 2 is 1.66 bits per heavy atom. The lowest BCUT2D eigenvalue weighted by molar-refractivity contribution is 0.0326. The Balaban J connectivity index is 1.68. The maximum atomic E-state index is 14.2. The molecule has 0 unspecified atom stereocenters. The van der Waals surface area contributed by atoms with Crippen molar-refractivity contribution in [1.82, 2.24) is 14.9 Å². The molecule has 0 saturated heterocycles. The van der Waals surface area contributed by atoms with Crippen molar-refractivity contribution < 1.29 is 17.9 Å². The summed E-state index contributed by atoms with van der Waals surface area (Å²) in [5.74, 6) is 0.0176. The number of sulfonamides is 1. The quantitative estimate of drug-likeness (QED) is 0.380. The number of carbonyl (C=O) groups is 1. The number of nitrogens with one attached hydrogen (secondary N) is 1. The molecule has 2 heterocycles. The van der Waals surface area contributed by atoms with Gasteiger partial charge >= 0.3 is 0 Å². The average Bonchev–Trinajstić information content (AvgIpc) is 2.91. The minimum Gasteiger partial charge on any atom is -0.475 e. The normalized spacial score (nSPS) is 19.8. The summed E-state index contributed by atoms with van der Waals surface area (Å²) in [4.78, 5) is 25.3. The molecule has 9 heteroatoms. The molecule has 1 aliphatic heterocycles. The summed E-state index contributed by atoms with van der Waals surface area (Å²) in [6.45, 7) is 10.7. The molecule has 1 amide bonds. The predicted octanol–water partition coefficient (Wildman–Crippen LogP) is 6.53. The molecule has 218 valence electrons. The Hall–Kier alpha value is -3.46. The van der Waals surface area contributed by atoms with E-state index in [1.54, 1.807) is 18.2 Å². The molecule has 0 spiro atoms. The van der Waals surface area contributed by atoms with Crippen LogP contribution in [0.3, 0.4) is 0 Å². The molecule has 1 fully saturated rings. The van der Waals surface area contributed by atoms with E-state index in [0.717, 1.165) is 48.8 Å². The smallest absolute Gasteiger partial charge is 0.264 e. The topological polar surface area (TPSA) is 101 Å². The fourth-order valence-corrected chi connectivity index (χ4v) is 7.12. The van der Waals surface area contributed by atoms with Crippen molar-refractivity contribution in [3.63, 3.8) is 0 Å². The van der Waals surface area contributed by atoms with Crippen LogP contribution in [0.2, 0.25) is 0 Å². The van der Waals surface area contributed by atoms with Crippen LogP contribution in [-0.2, 0) is 10.0 Å². The van der Waals surface area contributed by atoms with E-state index in [1.807, 2.05) is 36.9 Å². The van der Waals surface area contributed by atoms with Gasteiger partial charge in [-0.3, -0.25) is 4.79 Å². The highest BCUT2D eigenvalue weighted by Crippen LogP contribution is 2.34. The van der Waals surface area contributed by atoms with E-state index >= 15 is 0 Å². The SMILES string of the molecule is Cc1cccc(C)c1-c1cc2nc(n1)NS(=O)(=O)c1cccc(c1)C(=O)N(C1CCCCC1)[C@H](CC(C)(C)C)CO2. The van der Waals surface area contributed by atoms with Gasteiger partial charge in [-0.1, -0.05) is 64.3 Å². The first kappa shape index (κ1) is 29.0. The lowest BCUT2D eigenvalue weighted by Gasteiger charge is -2.42. The zero-order valence-corrected chi connectivity index (χ0v) is 25.4. The maximum absolute atomic E-state index is 14.2. The highest BCUT2D eigenvalue weighted by molar-refractivity contribution is 7.92. The molecule has 1 atom stereocenters. The van der Waals surface area contributed by atoms with E-state index < -0.39 is 10.0 Å². The van der Waals surface area contributed by atoms with Crippen LogP contribution in [0.25, 0.3) is 11.3 Å². The second kappa shape index (κ2) is 11.4. The van der Waals surface area contributed by atoms with Gasteiger partial charge in [-0.05, 0) is 67.9 Å². The van der Waals surface area contributed by atoms with Crippen molar-refractivity contribution in [2.45, 2.75) is 90.1 Å². The Kier molecular flexibility index (Phi) is 8.10. The van der Waals surface area contributed by atoms with E-state index in [9.17, 15) is 13.2 Å². The fourth-order valence-electron chi connectivity index (χ4n) is 6.13. The van der Waals surface area contributed by atoms with Crippen molar-refractivity contribution in [2.75, 3.05) is 11.3 Å². The van der Waals surface area contributed by atoms with Gasteiger partial charge in [-0.2, -0.15) is 4.98 Å². The number of nitrogens with zero attached hydrogens (tertiary/aromatic N) is 3. The van der Waals surface area contributed by atoms with E-state index in [1.165, 1.54) is 12.1 Å². The van der Waals surface area contributed by atoms with Crippen LogP contribution in [0.15, 0.2) is 53.4 Å². The van der Waals surface area contributed by atoms with Crippen LogP contribution in [0.1, 0.15) is 80.8 Å². The number of fused-ring (bicyclic) bond motifs is 4. The average molecular weight is 577 g/mol. The standard InChI is InChI=1S/C32H40N4O4S/c1-21-11-9-12-22(2)29(21)27-18-28-34-31(33-27)35-41(38,39)26-16-10-13-23(17-26)30(37)36(24-14-7-6-8-15-24)25(20-40-28)19-32(3,4)5/h9-13,16-18,24-25H,6-8,14-15,19-20H2,1-5H3,(H,33,34,35)/t25-/m1/s1. The van der Waals surface area contributed by atoms with Gasteiger partial charge in [0.15, 0.2) is 0 Å². The third kappa shape index (κ3) is 6.56. The van der Waals surface area contributed by atoms with Gasteiger partial charge < -0.3 is 9.64 Å². The fraction of sp³-hybridized carbons (Fsp3) is 0.469. The first-order valence-electron chi connectivity index (χ1n) is 14.5. The molecule has 1 aliphatic carbocycles. The number of ether oxygens (including phenoxy) is 1. The van der Waals surface area contributed by atoms with Gasteiger partial charge in [0.1, 0.15) is 6.61 Å². The van der Waals surface area contributed by atoms with Gasteiger partial charge in [0, 0.05) is 23.2 Å². The Bertz CT molecular complexity index is 1520. The second-order valence-electron chi connectivity index (χ2n) is 12.5. The van der Waals surface area contributed by atoms with Crippen molar-refractivity contribution >= 4 is 21.9 Å². The summed E-state index contributed by atoms with van der Waals surface area (Å²) in [6.07, 6.45) is 5.82. The van der Waals surface area contributed by atoms with Crippen molar-refractivity contribution in [3.8, 4) is 17.1 Å². The monoisotopic (exact) mass is 576 g/mol. The lowest BCUT2D eigenvalue weighted by Crippen LogP contribution is -2.51. The van der Waals surface area contributed by atoms with E-state index in [-0.39, 0.29) is 46.7 Å². The molecule has 5 rings (SSSR count). The third-order valence-corrected chi connectivity index (χ3v) is 9.25. The molecule has 0 radical (unpaired) electrons. The number of aromatic nitrogens is 2. The third-order valence-electron chi connectivity index (χ3n) is 7.92. The molecule has 2 aromatic carbocycles. The van der Waals surface area contributed by atoms with Crippen LogP contribution in [0.4, 0.5) is 5.95 Å². The van der Waals surface area contributed by atoms with E-state index in [4.69, 9.17) is 4.74 Å².